The number of hydrogen-bond acceptors (Lipinski definition) is 6. The van der Waals surface area contributed by atoms with E-state index in [1.165, 1.54) is 5.56 Å². The first-order valence-corrected chi connectivity index (χ1v) is 15.8. The molecule has 3 amide bonds. The van der Waals surface area contributed by atoms with Crippen LogP contribution in [0.1, 0.15) is 89.6 Å². The number of allylic oxidation sites excluding steroid dienone is 1. The topological polar surface area (TPSA) is 119 Å². The summed E-state index contributed by atoms with van der Waals surface area (Å²) in [7, 11) is 0. The van der Waals surface area contributed by atoms with Crippen molar-refractivity contribution in [3.8, 4) is 5.75 Å². The Hall–Kier alpha value is -4.66. The van der Waals surface area contributed by atoms with Crippen LogP contribution in [0, 0.1) is 6.92 Å². The number of nitrogens with zero attached hydrogens (tertiary/aromatic N) is 1. The fourth-order valence-corrected chi connectivity index (χ4v) is 5.18. The fourth-order valence-electron chi connectivity index (χ4n) is 5.18. The summed E-state index contributed by atoms with van der Waals surface area (Å²) < 4.78 is 11.1. The smallest absolute Gasteiger partial charge is 0.413 e. The van der Waals surface area contributed by atoms with Gasteiger partial charge in [-0.1, -0.05) is 35.9 Å². The van der Waals surface area contributed by atoms with Gasteiger partial charge in [0.15, 0.2) is 0 Å². The van der Waals surface area contributed by atoms with Crippen LogP contribution in [0.25, 0.3) is 5.57 Å². The number of pyridine rings is 1. The molecule has 9 nitrogen and oxygen atoms in total. The minimum Gasteiger partial charge on any atom is -0.444 e. The van der Waals surface area contributed by atoms with Crippen LogP contribution in [-0.2, 0) is 22.4 Å². The second-order valence-electron chi connectivity index (χ2n) is 13.7. The van der Waals surface area contributed by atoms with Crippen molar-refractivity contribution >= 4 is 35.2 Å². The van der Waals surface area contributed by atoms with Crippen LogP contribution < -0.4 is 20.7 Å². The number of carbonyl (C=O) groups is 3. The third-order valence-corrected chi connectivity index (χ3v) is 7.23. The predicted octanol–water partition coefficient (Wildman–Crippen LogP) is 8.38. The number of aromatic nitrogens is 1. The van der Waals surface area contributed by atoms with Crippen molar-refractivity contribution < 1.29 is 23.9 Å². The van der Waals surface area contributed by atoms with Crippen molar-refractivity contribution in [3.05, 3.63) is 88.6 Å². The maximum absolute atomic E-state index is 13.6. The van der Waals surface area contributed by atoms with E-state index in [-0.39, 0.29) is 5.91 Å². The maximum Gasteiger partial charge on any atom is 0.413 e. The first-order valence-electron chi connectivity index (χ1n) is 15.8. The molecule has 46 heavy (non-hydrogen) atoms. The molecule has 1 aliphatic rings. The van der Waals surface area contributed by atoms with Crippen molar-refractivity contribution in [1.82, 2.24) is 10.3 Å². The zero-order valence-electron chi connectivity index (χ0n) is 28.0. The first-order chi connectivity index (χ1) is 21.6. The summed E-state index contributed by atoms with van der Waals surface area (Å²) in [5, 5.41) is 8.60. The molecule has 1 heterocycles. The first kappa shape index (κ1) is 34.2. The number of nitrogens with one attached hydrogen (secondary N) is 3. The highest BCUT2D eigenvalue weighted by Crippen LogP contribution is 2.34. The van der Waals surface area contributed by atoms with Crippen molar-refractivity contribution in [1.29, 1.82) is 0 Å². The highest BCUT2D eigenvalue weighted by atomic mass is 16.6. The Morgan fingerprint density at radius 2 is 1.54 bits per heavy atom. The van der Waals surface area contributed by atoms with Gasteiger partial charge in [0.1, 0.15) is 17.2 Å². The highest BCUT2D eigenvalue weighted by molar-refractivity contribution is 6.09. The molecule has 0 bridgehead atoms. The second kappa shape index (κ2) is 14.6. The van der Waals surface area contributed by atoms with E-state index in [0.717, 1.165) is 53.7 Å². The largest absolute Gasteiger partial charge is 0.444 e. The van der Waals surface area contributed by atoms with Crippen LogP contribution in [0.5, 0.6) is 5.75 Å². The number of aryl methyl sites for hydroxylation is 3. The van der Waals surface area contributed by atoms with E-state index in [1.54, 1.807) is 39.0 Å². The second-order valence-corrected chi connectivity index (χ2v) is 13.7. The van der Waals surface area contributed by atoms with Crippen LogP contribution in [0.15, 0.2) is 66.2 Å². The summed E-state index contributed by atoms with van der Waals surface area (Å²) >= 11 is 0. The van der Waals surface area contributed by atoms with Gasteiger partial charge in [-0.3, -0.25) is 10.1 Å². The monoisotopic (exact) mass is 626 g/mol. The predicted molar refractivity (Wildman–Crippen MR) is 182 cm³/mol. The van der Waals surface area contributed by atoms with E-state index in [0.29, 0.717) is 30.1 Å². The maximum atomic E-state index is 13.6. The number of hydrogen-bond donors (Lipinski definition) is 3. The Morgan fingerprint density at radius 1 is 0.826 bits per heavy atom. The van der Waals surface area contributed by atoms with Gasteiger partial charge in [0.05, 0.1) is 0 Å². The lowest BCUT2D eigenvalue weighted by Gasteiger charge is -2.22. The Balaban J connectivity index is 1.56. The van der Waals surface area contributed by atoms with Crippen molar-refractivity contribution in [2.45, 2.75) is 98.1 Å². The number of benzene rings is 2. The van der Waals surface area contributed by atoms with Crippen LogP contribution >= 0.6 is 0 Å². The third kappa shape index (κ3) is 10.5. The van der Waals surface area contributed by atoms with Crippen LogP contribution in [0.3, 0.4) is 0 Å². The molecule has 0 spiro atoms. The van der Waals surface area contributed by atoms with Crippen LogP contribution in [-0.4, -0.2) is 34.2 Å². The fraction of sp³-hybridized carbons (Fsp3) is 0.405. The lowest BCUT2D eigenvalue weighted by Crippen LogP contribution is -2.42. The van der Waals surface area contributed by atoms with Crippen LogP contribution in [0.4, 0.5) is 21.1 Å². The lowest BCUT2D eigenvalue weighted by molar-refractivity contribution is -0.113. The van der Waals surface area contributed by atoms with Gasteiger partial charge in [-0.15, -0.1) is 0 Å². The molecule has 2 aromatic carbocycles. The summed E-state index contributed by atoms with van der Waals surface area (Å²) in [5.41, 5.74) is 5.12. The van der Waals surface area contributed by atoms with Gasteiger partial charge in [0.25, 0.3) is 5.91 Å². The number of rotatable bonds is 8. The van der Waals surface area contributed by atoms with Gasteiger partial charge in [-0.2, -0.15) is 0 Å². The molecule has 0 atom stereocenters. The van der Waals surface area contributed by atoms with E-state index in [1.807, 2.05) is 39.0 Å². The Bertz CT molecular complexity index is 1600. The molecule has 1 aliphatic carbocycles. The van der Waals surface area contributed by atoms with Crippen molar-refractivity contribution in [3.63, 3.8) is 0 Å². The molecule has 0 aliphatic heterocycles. The van der Waals surface area contributed by atoms with Crippen molar-refractivity contribution in [2.24, 2.45) is 0 Å². The third-order valence-electron chi connectivity index (χ3n) is 7.23. The van der Waals surface area contributed by atoms with E-state index in [4.69, 9.17) is 9.47 Å². The summed E-state index contributed by atoms with van der Waals surface area (Å²) in [5.74, 6) is 0.641. The van der Waals surface area contributed by atoms with Gasteiger partial charge < -0.3 is 20.1 Å². The molecular formula is C37H46N4O5. The molecule has 9 heteroatoms. The molecule has 0 saturated carbocycles. The Morgan fingerprint density at radius 3 is 2.24 bits per heavy atom. The molecule has 3 aromatic rings. The standard InChI is InChI=1S/C37H46N4O5/c1-24-15-17-25(18-16-24)29-12-8-9-13-30(29)33(42)39-28-21-22-31(45-35(44)41-36(2,3)4)26(23-28)19-20-27-11-10-14-32(38-27)40-34(43)46-37(5,6)7/h10-11,14-18,21-23H,8-9,12-13,19-20H2,1-7H3,(H,39,42)(H,41,44)(H,38,40,43). The van der Waals surface area contributed by atoms with Gasteiger partial charge in [-0.25, -0.2) is 14.6 Å². The Kier molecular flexibility index (Phi) is 10.9. The lowest BCUT2D eigenvalue weighted by atomic mass is 9.86. The summed E-state index contributed by atoms with van der Waals surface area (Å²) in [6.45, 7) is 13.1. The van der Waals surface area contributed by atoms with E-state index < -0.39 is 23.3 Å². The summed E-state index contributed by atoms with van der Waals surface area (Å²) in [6.07, 6.45) is 3.39. The molecule has 244 valence electrons. The quantitative estimate of drug-likeness (QED) is 0.231. The van der Waals surface area contributed by atoms with E-state index in [2.05, 4.69) is 52.1 Å². The van der Waals surface area contributed by atoms with E-state index in [9.17, 15) is 14.4 Å². The minimum absolute atomic E-state index is 0.122. The number of anilines is 2. The van der Waals surface area contributed by atoms with Gasteiger partial charge in [0.2, 0.25) is 0 Å². The molecule has 0 unspecified atom stereocenters. The molecule has 4 rings (SSSR count). The summed E-state index contributed by atoms with van der Waals surface area (Å²) in [4.78, 5) is 43.1. The van der Waals surface area contributed by atoms with Gasteiger partial charge in [-0.05, 0) is 134 Å². The SMILES string of the molecule is Cc1ccc(C2=C(C(=O)Nc3ccc(OC(=O)NC(C)(C)C)c(CCc4cccc(NC(=O)OC(C)(C)C)n4)c3)CCCC2)cc1. The highest BCUT2D eigenvalue weighted by Gasteiger charge is 2.22. The molecule has 0 radical (unpaired) electrons. The average molecular weight is 627 g/mol. The van der Waals surface area contributed by atoms with Crippen molar-refractivity contribution in [2.75, 3.05) is 10.6 Å². The molecule has 0 saturated heterocycles. The minimum atomic E-state index is -0.631. The Labute approximate surface area is 272 Å². The zero-order chi connectivity index (χ0) is 33.5. The van der Waals surface area contributed by atoms with E-state index >= 15 is 0 Å². The van der Waals surface area contributed by atoms with Gasteiger partial charge in [0, 0.05) is 22.5 Å². The number of carbonyl (C=O) groups excluding carboxylic acids is 3. The normalized spacial score (nSPS) is 13.5. The molecule has 1 aromatic heterocycles. The van der Waals surface area contributed by atoms with Gasteiger partial charge >= 0.3 is 12.2 Å². The number of amides is 3. The molecular weight excluding hydrogens is 580 g/mol. The average Bonchev–Trinajstić information content (AvgIpc) is 2.96. The molecule has 3 N–H and O–H groups in total. The number of ether oxygens (including phenoxy) is 2. The summed E-state index contributed by atoms with van der Waals surface area (Å²) in [6, 6.07) is 19.0. The zero-order valence-corrected chi connectivity index (χ0v) is 28.0. The molecule has 0 fully saturated rings. The van der Waals surface area contributed by atoms with Crippen LogP contribution in [0.2, 0.25) is 0 Å².